The van der Waals surface area contributed by atoms with Crippen LogP contribution in [0.15, 0.2) is 48.5 Å². The third-order valence-corrected chi connectivity index (χ3v) is 4.05. The van der Waals surface area contributed by atoms with Gasteiger partial charge in [-0.25, -0.2) is 0 Å². The standard InChI is InChI=1S/C20H27NO/c1-4-12-21(14-19-11-10-16(2)13-17(19)3)15-20(22)18-8-6-5-7-9-18/h5-11,13,20,22H,4,12,14-15H2,1-3H3/t20-/m1/s1. The summed E-state index contributed by atoms with van der Waals surface area (Å²) >= 11 is 0. The Morgan fingerprint density at radius 3 is 2.41 bits per heavy atom. The van der Waals surface area contributed by atoms with Crippen LogP contribution in [0, 0.1) is 13.8 Å². The zero-order valence-corrected chi connectivity index (χ0v) is 13.9. The normalized spacial score (nSPS) is 12.6. The number of aryl methyl sites for hydroxylation is 2. The molecule has 0 heterocycles. The van der Waals surface area contributed by atoms with E-state index in [1.165, 1.54) is 16.7 Å². The Morgan fingerprint density at radius 2 is 1.77 bits per heavy atom. The molecule has 0 bridgehead atoms. The monoisotopic (exact) mass is 297 g/mol. The summed E-state index contributed by atoms with van der Waals surface area (Å²) in [6, 6.07) is 16.5. The van der Waals surface area contributed by atoms with Gasteiger partial charge in [0, 0.05) is 13.1 Å². The van der Waals surface area contributed by atoms with E-state index < -0.39 is 6.10 Å². The second kappa shape index (κ2) is 8.11. The fraction of sp³-hybridized carbons (Fsp3) is 0.400. The van der Waals surface area contributed by atoms with E-state index in [4.69, 9.17) is 0 Å². The van der Waals surface area contributed by atoms with Crippen molar-refractivity contribution in [2.24, 2.45) is 0 Å². The number of aliphatic hydroxyl groups excluding tert-OH is 1. The predicted molar refractivity (Wildman–Crippen MR) is 92.9 cm³/mol. The van der Waals surface area contributed by atoms with Crippen molar-refractivity contribution in [2.45, 2.75) is 39.8 Å². The highest BCUT2D eigenvalue weighted by Crippen LogP contribution is 2.18. The topological polar surface area (TPSA) is 23.5 Å². The fourth-order valence-electron chi connectivity index (χ4n) is 2.84. The Labute approximate surface area is 134 Å². The van der Waals surface area contributed by atoms with Gasteiger partial charge in [0.15, 0.2) is 0 Å². The van der Waals surface area contributed by atoms with Crippen molar-refractivity contribution in [3.8, 4) is 0 Å². The van der Waals surface area contributed by atoms with Gasteiger partial charge in [0.2, 0.25) is 0 Å². The molecule has 2 nitrogen and oxygen atoms in total. The largest absolute Gasteiger partial charge is 0.387 e. The van der Waals surface area contributed by atoms with Gasteiger partial charge in [-0.05, 0) is 43.5 Å². The summed E-state index contributed by atoms with van der Waals surface area (Å²) in [5.74, 6) is 0. The van der Waals surface area contributed by atoms with Crippen LogP contribution in [0.4, 0.5) is 0 Å². The van der Waals surface area contributed by atoms with E-state index in [1.54, 1.807) is 0 Å². The zero-order valence-electron chi connectivity index (χ0n) is 13.9. The van der Waals surface area contributed by atoms with Gasteiger partial charge in [-0.2, -0.15) is 0 Å². The second-order valence-electron chi connectivity index (χ2n) is 6.09. The molecule has 2 aromatic carbocycles. The maximum atomic E-state index is 10.5. The lowest BCUT2D eigenvalue weighted by molar-refractivity contribution is 0.109. The van der Waals surface area contributed by atoms with Gasteiger partial charge in [0.1, 0.15) is 0 Å². The predicted octanol–water partition coefficient (Wildman–Crippen LogP) is 4.25. The maximum absolute atomic E-state index is 10.5. The third kappa shape index (κ3) is 4.69. The molecule has 2 aromatic rings. The van der Waals surface area contributed by atoms with Crippen LogP contribution in [0.1, 0.15) is 41.7 Å². The lowest BCUT2D eigenvalue weighted by atomic mass is 10.0. The molecule has 0 radical (unpaired) electrons. The van der Waals surface area contributed by atoms with Crippen LogP contribution in [0.3, 0.4) is 0 Å². The van der Waals surface area contributed by atoms with Crippen molar-refractivity contribution < 1.29 is 5.11 Å². The average Bonchev–Trinajstić information content (AvgIpc) is 2.51. The first kappa shape index (κ1) is 16.7. The molecule has 0 saturated carbocycles. The molecular formula is C20H27NO. The number of hydrogen-bond acceptors (Lipinski definition) is 2. The van der Waals surface area contributed by atoms with Crippen LogP contribution in [0.2, 0.25) is 0 Å². The quantitative estimate of drug-likeness (QED) is 0.826. The van der Waals surface area contributed by atoms with Crippen molar-refractivity contribution in [3.05, 3.63) is 70.8 Å². The van der Waals surface area contributed by atoms with E-state index in [-0.39, 0.29) is 0 Å². The van der Waals surface area contributed by atoms with Gasteiger partial charge < -0.3 is 5.11 Å². The van der Waals surface area contributed by atoms with Crippen LogP contribution in [0.5, 0.6) is 0 Å². The summed E-state index contributed by atoms with van der Waals surface area (Å²) in [5.41, 5.74) is 4.96. The molecule has 0 aliphatic heterocycles. The molecule has 0 spiro atoms. The Hall–Kier alpha value is -1.64. The molecule has 1 atom stereocenters. The summed E-state index contributed by atoms with van der Waals surface area (Å²) in [7, 11) is 0. The van der Waals surface area contributed by atoms with E-state index in [2.05, 4.69) is 43.9 Å². The molecule has 22 heavy (non-hydrogen) atoms. The maximum Gasteiger partial charge on any atom is 0.0917 e. The summed E-state index contributed by atoms with van der Waals surface area (Å²) in [5, 5.41) is 10.5. The van der Waals surface area contributed by atoms with Crippen LogP contribution < -0.4 is 0 Å². The minimum atomic E-state index is -0.432. The van der Waals surface area contributed by atoms with Crippen LogP contribution in [-0.2, 0) is 6.54 Å². The van der Waals surface area contributed by atoms with Gasteiger partial charge in [0.25, 0.3) is 0 Å². The first-order chi connectivity index (χ1) is 10.6. The van der Waals surface area contributed by atoms with Gasteiger partial charge in [-0.15, -0.1) is 0 Å². The molecule has 0 aromatic heterocycles. The molecule has 0 aliphatic rings. The number of rotatable bonds is 7. The minimum Gasteiger partial charge on any atom is -0.387 e. The first-order valence-electron chi connectivity index (χ1n) is 8.11. The highest BCUT2D eigenvalue weighted by atomic mass is 16.3. The summed E-state index contributed by atoms with van der Waals surface area (Å²) in [6.07, 6.45) is 0.658. The molecular weight excluding hydrogens is 270 g/mol. The lowest BCUT2D eigenvalue weighted by Gasteiger charge is -2.25. The number of hydrogen-bond donors (Lipinski definition) is 1. The van der Waals surface area contributed by atoms with E-state index >= 15 is 0 Å². The molecule has 0 fully saturated rings. The van der Waals surface area contributed by atoms with Crippen molar-refractivity contribution in [1.82, 2.24) is 4.90 Å². The van der Waals surface area contributed by atoms with Crippen LogP contribution in [-0.4, -0.2) is 23.1 Å². The number of aliphatic hydroxyl groups is 1. The molecule has 0 saturated heterocycles. The Kier molecular flexibility index (Phi) is 6.17. The number of nitrogens with zero attached hydrogens (tertiary/aromatic N) is 1. The van der Waals surface area contributed by atoms with Crippen molar-refractivity contribution in [2.75, 3.05) is 13.1 Å². The molecule has 1 N–H and O–H groups in total. The molecule has 2 heteroatoms. The lowest BCUT2D eigenvalue weighted by Crippen LogP contribution is -2.29. The van der Waals surface area contributed by atoms with Gasteiger partial charge in [-0.3, -0.25) is 4.90 Å². The minimum absolute atomic E-state index is 0.432. The van der Waals surface area contributed by atoms with E-state index in [0.29, 0.717) is 6.54 Å². The van der Waals surface area contributed by atoms with E-state index in [0.717, 1.165) is 25.1 Å². The summed E-state index contributed by atoms with van der Waals surface area (Å²) < 4.78 is 0. The van der Waals surface area contributed by atoms with Gasteiger partial charge in [0.05, 0.1) is 6.10 Å². The molecule has 118 valence electrons. The second-order valence-corrected chi connectivity index (χ2v) is 6.09. The van der Waals surface area contributed by atoms with E-state index in [1.807, 2.05) is 30.3 Å². The fourth-order valence-corrected chi connectivity index (χ4v) is 2.84. The van der Waals surface area contributed by atoms with Gasteiger partial charge >= 0.3 is 0 Å². The highest BCUT2D eigenvalue weighted by Gasteiger charge is 2.14. The Morgan fingerprint density at radius 1 is 1.05 bits per heavy atom. The number of benzene rings is 2. The van der Waals surface area contributed by atoms with Crippen LogP contribution in [0.25, 0.3) is 0 Å². The van der Waals surface area contributed by atoms with Crippen molar-refractivity contribution >= 4 is 0 Å². The molecule has 0 unspecified atom stereocenters. The van der Waals surface area contributed by atoms with Crippen LogP contribution >= 0.6 is 0 Å². The third-order valence-electron chi connectivity index (χ3n) is 4.05. The molecule has 0 amide bonds. The zero-order chi connectivity index (χ0) is 15.9. The SMILES string of the molecule is CCCN(Cc1ccc(C)cc1C)C[C@@H](O)c1ccccc1. The van der Waals surface area contributed by atoms with Crippen molar-refractivity contribution in [3.63, 3.8) is 0 Å². The Bertz CT molecular complexity index is 580. The average molecular weight is 297 g/mol. The van der Waals surface area contributed by atoms with Gasteiger partial charge in [-0.1, -0.05) is 61.0 Å². The molecule has 0 aliphatic carbocycles. The highest BCUT2D eigenvalue weighted by molar-refractivity contribution is 5.30. The summed E-state index contributed by atoms with van der Waals surface area (Å²) in [4.78, 5) is 2.34. The smallest absolute Gasteiger partial charge is 0.0917 e. The summed E-state index contributed by atoms with van der Waals surface area (Å²) in [6.45, 7) is 9.04. The van der Waals surface area contributed by atoms with Crippen molar-refractivity contribution in [1.29, 1.82) is 0 Å². The van der Waals surface area contributed by atoms with E-state index in [9.17, 15) is 5.11 Å². The molecule has 2 rings (SSSR count). The first-order valence-corrected chi connectivity index (χ1v) is 8.11. The Balaban J connectivity index is 2.06.